The molecule has 20 heavy (non-hydrogen) atoms. The highest BCUT2D eigenvalue weighted by Gasteiger charge is 2.19. The van der Waals surface area contributed by atoms with Crippen molar-refractivity contribution in [2.24, 2.45) is 0 Å². The van der Waals surface area contributed by atoms with Gasteiger partial charge in [-0.1, -0.05) is 0 Å². The van der Waals surface area contributed by atoms with E-state index >= 15 is 0 Å². The normalized spacial score (nSPS) is 14.4. The zero-order valence-corrected chi connectivity index (χ0v) is 12.3. The predicted octanol–water partition coefficient (Wildman–Crippen LogP) is 2.31. The highest BCUT2D eigenvalue weighted by molar-refractivity contribution is 7.13. The molecule has 1 saturated carbocycles. The smallest absolute Gasteiger partial charge is 0.321 e. The third-order valence-electron chi connectivity index (χ3n) is 3.25. The molecule has 110 valence electrons. The number of nitrogens with zero attached hydrogens (tertiary/aromatic N) is 1. The average molecular weight is 297 g/mol. The van der Waals surface area contributed by atoms with Crippen molar-refractivity contribution in [2.45, 2.75) is 44.6 Å². The van der Waals surface area contributed by atoms with E-state index in [1.54, 1.807) is 0 Å². The van der Waals surface area contributed by atoms with Crippen LogP contribution in [0.5, 0.6) is 0 Å². The first-order chi connectivity index (χ1) is 9.67. The van der Waals surface area contributed by atoms with Gasteiger partial charge in [0.1, 0.15) is 0 Å². The van der Waals surface area contributed by atoms with Crippen molar-refractivity contribution in [3.8, 4) is 0 Å². The number of carbonyl (C=O) groups excluding carboxylic acids is 2. The number of thiazole rings is 1. The van der Waals surface area contributed by atoms with Crippen LogP contribution in [-0.4, -0.2) is 30.1 Å². The topological polar surface area (TPSA) is 80.3 Å². The minimum atomic E-state index is -0.210. The first kappa shape index (κ1) is 14.8. The van der Waals surface area contributed by atoms with E-state index in [1.807, 2.05) is 5.38 Å². The van der Waals surface area contributed by atoms with Gasteiger partial charge in [-0.05, 0) is 32.1 Å². The molecule has 1 heterocycles. The molecule has 2 amide bonds. The van der Waals surface area contributed by atoms with Crippen LogP contribution in [0, 0.1) is 0 Å². The van der Waals surface area contributed by atoms with Crippen molar-refractivity contribution in [3.63, 3.8) is 0 Å². The number of anilines is 1. The van der Waals surface area contributed by atoms with Gasteiger partial charge in [0.25, 0.3) is 0 Å². The molecule has 1 aliphatic carbocycles. The van der Waals surface area contributed by atoms with Gasteiger partial charge in [0, 0.05) is 17.8 Å². The molecule has 7 heteroatoms. The third kappa shape index (κ3) is 4.48. The van der Waals surface area contributed by atoms with E-state index in [1.165, 1.54) is 24.9 Å². The lowest BCUT2D eigenvalue weighted by Crippen LogP contribution is -2.41. The van der Waals surface area contributed by atoms with Crippen LogP contribution in [0.3, 0.4) is 0 Å². The van der Waals surface area contributed by atoms with E-state index in [4.69, 9.17) is 0 Å². The Hall–Kier alpha value is -1.63. The van der Waals surface area contributed by atoms with Gasteiger partial charge in [0.05, 0.1) is 12.8 Å². The maximum Gasteiger partial charge on any atom is 0.321 e. The Bertz CT molecular complexity index is 471. The number of amides is 2. The van der Waals surface area contributed by atoms with Crippen molar-refractivity contribution in [3.05, 3.63) is 11.1 Å². The summed E-state index contributed by atoms with van der Waals surface area (Å²) in [6.07, 6.45) is 5.10. The van der Waals surface area contributed by atoms with Crippen molar-refractivity contribution < 1.29 is 14.3 Å². The van der Waals surface area contributed by atoms with Crippen molar-refractivity contribution in [1.29, 1.82) is 0 Å². The molecule has 0 spiro atoms. The fourth-order valence-corrected chi connectivity index (χ4v) is 2.61. The quantitative estimate of drug-likeness (QED) is 0.790. The second kappa shape index (κ2) is 7.23. The van der Waals surface area contributed by atoms with Crippen molar-refractivity contribution >= 4 is 28.5 Å². The number of aryl methyl sites for hydroxylation is 1. The second-order valence-electron chi connectivity index (χ2n) is 4.80. The van der Waals surface area contributed by atoms with E-state index in [2.05, 4.69) is 20.4 Å². The third-order valence-corrected chi connectivity index (χ3v) is 4.06. The molecule has 0 aliphatic heterocycles. The molecule has 1 aromatic rings. The molecular weight excluding hydrogens is 278 g/mol. The zero-order valence-electron chi connectivity index (χ0n) is 11.5. The van der Waals surface area contributed by atoms with Gasteiger partial charge in [-0.25, -0.2) is 9.78 Å². The van der Waals surface area contributed by atoms with Crippen molar-refractivity contribution in [1.82, 2.24) is 10.3 Å². The number of esters is 1. The molecule has 1 fully saturated rings. The zero-order chi connectivity index (χ0) is 14.4. The van der Waals surface area contributed by atoms with E-state index in [-0.39, 0.29) is 12.0 Å². The Kier molecular flexibility index (Phi) is 5.34. The minimum absolute atomic E-state index is 0.190. The molecule has 1 aliphatic rings. The highest BCUT2D eigenvalue weighted by atomic mass is 32.1. The number of urea groups is 1. The van der Waals surface area contributed by atoms with Crippen molar-refractivity contribution in [2.75, 3.05) is 12.4 Å². The Morgan fingerprint density at radius 1 is 1.50 bits per heavy atom. The van der Waals surface area contributed by atoms with Gasteiger partial charge in [-0.2, -0.15) is 0 Å². The Balaban J connectivity index is 1.70. The average Bonchev–Trinajstić information content (AvgIpc) is 2.81. The van der Waals surface area contributed by atoms with Crippen LogP contribution in [0.25, 0.3) is 0 Å². The van der Waals surface area contributed by atoms with Crippen LogP contribution in [0.2, 0.25) is 0 Å². The Labute approximate surface area is 121 Å². The van der Waals surface area contributed by atoms with Crippen LogP contribution in [0.4, 0.5) is 9.93 Å². The first-order valence-corrected chi connectivity index (χ1v) is 7.64. The molecule has 6 nitrogen and oxygen atoms in total. The van der Waals surface area contributed by atoms with Crippen LogP contribution in [0.15, 0.2) is 5.38 Å². The number of hydrogen-bond acceptors (Lipinski definition) is 5. The molecule has 0 unspecified atom stereocenters. The van der Waals surface area contributed by atoms with Crippen LogP contribution < -0.4 is 10.6 Å². The van der Waals surface area contributed by atoms with Gasteiger partial charge in [0.15, 0.2) is 5.13 Å². The summed E-state index contributed by atoms with van der Waals surface area (Å²) in [5, 5.41) is 8.12. The number of hydrogen-bond donors (Lipinski definition) is 2. The van der Waals surface area contributed by atoms with Crippen LogP contribution in [-0.2, 0) is 16.0 Å². The number of rotatable bonds is 6. The van der Waals surface area contributed by atoms with E-state index in [9.17, 15) is 9.59 Å². The fraction of sp³-hybridized carbons (Fsp3) is 0.615. The van der Waals surface area contributed by atoms with E-state index in [0.29, 0.717) is 30.4 Å². The maximum atomic E-state index is 11.7. The summed E-state index contributed by atoms with van der Waals surface area (Å²) < 4.78 is 4.58. The second-order valence-corrected chi connectivity index (χ2v) is 5.66. The van der Waals surface area contributed by atoms with Gasteiger partial charge < -0.3 is 10.1 Å². The SMILES string of the molecule is COC(=O)CCCc1csc(NC(=O)NC2CCC2)n1. The molecule has 0 atom stereocenters. The Morgan fingerprint density at radius 2 is 2.30 bits per heavy atom. The summed E-state index contributed by atoms with van der Waals surface area (Å²) in [5.41, 5.74) is 0.887. The number of ether oxygens (including phenoxy) is 1. The predicted molar refractivity (Wildman–Crippen MR) is 76.9 cm³/mol. The number of methoxy groups -OCH3 is 1. The first-order valence-electron chi connectivity index (χ1n) is 6.76. The van der Waals surface area contributed by atoms with Gasteiger partial charge in [-0.3, -0.25) is 10.1 Å². The maximum absolute atomic E-state index is 11.7. The summed E-state index contributed by atoms with van der Waals surface area (Å²) in [4.78, 5) is 27.0. The fourth-order valence-electron chi connectivity index (χ4n) is 1.87. The summed E-state index contributed by atoms with van der Waals surface area (Å²) in [5.74, 6) is -0.210. The largest absolute Gasteiger partial charge is 0.469 e. The highest BCUT2D eigenvalue weighted by Crippen LogP contribution is 2.19. The lowest BCUT2D eigenvalue weighted by Gasteiger charge is -2.26. The van der Waals surface area contributed by atoms with E-state index in [0.717, 1.165) is 18.5 Å². The number of carbonyl (C=O) groups is 2. The van der Waals surface area contributed by atoms with Gasteiger partial charge in [-0.15, -0.1) is 11.3 Å². The summed E-state index contributed by atoms with van der Waals surface area (Å²) >= 11 is 1.40. The minimum Gasteiger partial charge on any atom is -0.469 e. The molecule has 0 aromatic carbocycles. The molecule has 1 aromatic heterocycles. The Morgan fingerprint density at radius 3 is 2.95 bits per heavy atom. The number of aromatic nitrogens is 1. The molecular formula is C13H19N3O3S. The van der Waals surface area contributed by atoms with Gasteiger partial charge >= 0.3 is 12.0 Å². The lowest BCUT2D eigenvalue weighted by atomic mass is 9.93. The summed E-state index contributed by atoms with van der Waals surface area (Å²) in [6, 6.07) is 0.125. The summed E-state index contributed by atoms with van der Waals surface area (Å²) in [6.45, 7) is 0. The summed E-state index contributed by atoms with van der Waals surface area (Å²) in [7, 11) is 1.38. The molecule has 0 radical (unpaired) electrons. The molecule has 2 N–H and O–H groups in total. The van der Waals surface area contributed by atoms with Crippen LogP contribution >= 0.6 is 11.3 Å². The van der Waals surface area contributed by atoms with E-state index < -0.39 is 0 Å². The lowest BCUT2D eigenvalue weighted by molar-refractivity contribution is -0.140. The monoisotopic (exact) mass is 297 g/mol. The molecule has 2 rings (SSSR count). The molecule has 0 bridgehead atoms. The standard InChI is InChI=1S/C13H19N3O3S/c1-19-11(17)7-3-6-10-8-20-13(15-10)16-12(18)14-9-4-2-5-9/h8-9H,2-7H2,1H3,(H2,14,15,16,18). The number of nitrogens with one attached hydrogen (secondary N) is 2. The van der Waals surface area contributed by atoms with Crippen LogP contribution in [0.1, 0.15) is 37.8 Å². The molecule has 0 saturated heterocycles. The van der Waals surface area contributed by atoms with Gasteiger partial charge in [0.2, 0.25) is 0 Å².